The maximum Gasteiger partial charge on any atom is 0.164 e. The van der Waals surface area contributed by atoms with Crippen molar-refractivity contribution in [2.24, 2.45) is 0 Å². The van der Waals surface area contributed by atoms with E-state index in [1.165, 1.54) is 17.5 Å². The molecule has 0 radical (unpaired) electrons. The van der Waals surface area contributed by atoms with E-state index in [2.05, 4.69) is 16.5 Å². The number of aromatic nitrogens is 3. The van der Waals surface area contributed by atoms with Gasteiger partial charge in [0.25, 0.3) is 0 Å². The first-order valence-corrected chi connectivity index (χ1v) is 9.74. The quantitative estimate of drug-likeness (QED) is 0.626. The highest BCUT2D eigenvalue weighted by Crippen LogP contribution is 2.38. The number of aryl methyl sites for hydroxylation is 2. The zero-order valence-electron chi connectivity index (χ0n) is 16.1. The molecule has 29 heavy (non-hydrogen) atoms. The lowest BCUT2D eigenvalue weighted by molar-refractivity contribution is -0.0848. The van der Waals surface area contributed by atoms with E-state index in [1.54, 1.807) is 10.8 Å². The molecule has 1 aliphatic heterocycles. The fraction of sp³-hybridized carbons (Fsp3) is 0.364. The lowest BCUT2D eigenvalue weighted by Gasteiger charge is -2.25. The van der Waals surface area contributed by atoms with Gasteiger partial charge >= 0.3 is 0 Å². The van der Waals surface area contributed by atoms with Gasteiger partial charge in [-0.2, -0.15) is 0 Å². The summed E-state index contributed by atoms with van der Waals surface area (Å²) in [6, 6.07) is 7.65. The van der Waals surface area contributed by atoms with Crippen LogP contribution in [0.15, 0.2) is 43.4 Å². The lowest BCUT2D eigenvalue weighted by atomic mass is 9.85. The van der Waals surface area contributed by atoms with Crippen molar-refractivity contribution in [3.8, 4) is 0 Å². The number of aliphatic hydroxyl groups excluding tert-OH is 3. The Balaban J connectivity index is 1.47. The highest BCUT2D eigenvalue weighted by Gasteiger charge is 2.47. The standard InChI is InChI=1S/C22H23N3O4/c1-11(2)16-15-7-8-25(21(15)24-10-23-16)22-19(28)18(27)20(29-22)17(26)14-6-4-12-3-5-13(12)9-14/h4,6-10,17-20,22,26-28H,1,3,5H2,2H3/t17?,18-,19+,20+,22+/m0/s1. The molecule has 5 rings (SSSR count). The molecule has 0 bridgehead atoms. The highest BCUT2D eigenvalue weighted by atomic mass is 16.6. The van der Waals surface area contributed by atoms with Gasteiger partial charge in [-0.1, -0.05) is 24.8 Å². The largest absolute Gasteiger partial charge is 0.387 e. The second-order valence-corrected chi connectivity index (χ2v) is 7.91. The molecule has 1 aliphatic carbocycles. The maximum absolute atomic E-state index is 10.9. The number of fused-ring (bicyclic) bond motifs is 2. The molecule has 0 spiro atoms. The molecule has 1 unspecified atom stereocenters. The fourth-order valence-corrected chi connectivity index (χ4v) is 4.28. The molecule has 0 saturated carbocycles. The predicted octanol–water partition coefficient (Wildman–Crippen LogP) is 1.92. The van der Waals surface area contributed by atoms with E-state index in [4.69, 9.17) is 4.74 Å². The topological polar surface area (TPSA) is 101 Å². The normalized spacial score (nSPS) is 26.9. The third kappa shape index (κ3) is 2.81. The molecular formula is C22H23N3O4. The Morgan fingerprint density at radius 2 is 1.97 bits per heavy atom. The minimum absolute atomic E-state index is 0.574. The number of nitrogens with zero attached hydrogens (tertiary/aromatic N) is 3. The molecule has 3 heterocycles. The maximum atomic E-state index is 10.9. The summed E-state index contributed by atoms with van der Waals surface area (Å²) < 4.78 is 7.64. The van der Waals surface area contributed by atoms with Crippen LogP contribution >= 0.6 is 0 Å². The van der Waals surface area contributed by atoms with Crippen LogP contribution in [-0.2, 0) is 17.6 Å². The molecule has 5 atom stereocenters. The summed E-state index contributed by atoms with van der Waals surface area (Å²) >= 11 is 0. The number of hydrogen-bond acceptors (Lipinski definition) is 6. The molecule has 1 fully saturated rings. The number of benzene rings is 1. The zero-order chi connectivity index (χ0) is 20.3. The van der Waals surface area contributed by atoms with Crippen LogP contribution in [0.4, 0.5) is 0 Å². The smallest absolute Gasteiger partial charge is 0.164 e. The van der Waals surface area contributed by atoms with Crippen LogP contribution in [-0.4, -0.2) is 48.2 Å². The summed E-state index contributed by atoms with van der Waals surface area (Å²) in [4.78, 5) is 8.59. The Labute approximate surface area is 167 Å². The predicted molar refractivity (Wildman–Crippen MR) is 107 cm³/mol. The van der Waals surface area contributed by atoms with E-state index in [-0.39, 0.29) is 0 Å². The highest BCUT2D eigenvalue weighted by molar-refractivity contribution is 5.87. The Morgan fingerprint density at radius 1 is 1.17 bits per heavy atom. The van der Waals surface area contributed by atoms with Crippen molar-refractivity contribution in [2.45, 2.75) is 50.4 Å². The van der Waals surface area contributed by atoms with Crippen molar-refractivity contribution in [1.82, 2.24) is 14.5 Å². The molecule has 0 amide bonds. The van der Waals surface area contributed by atoms with E-state index in [9.17, 15) is 15.3 Å². The molecule has 1 aromatic carbocycles. The first-order chi connectivity index (χ1) is 14.0. The molecule has 2 aromatic heterocycles. The first-order valence-electron chi connectivity index (χ1n) is 9.74. The molecule has 1 saturated heterocycles. The van der Waals surface area contributed by atoms with Crippen LogP contribution < -0.4 is 0 Å². The van der Waals surface area contributed by atoms with Gasteiger partial charge in [0.15, 0.2) is 6.23 Å². The second kappa shape index (κ2) is 6.74. The van der Waals surface area contributed by atoms with Crippen LogP contribution in [0.1, 0.15) is 41.6 Å². The van der Waals surface area contributed by atoms with Gasteiger partial charge in [0.2, 0.25) is 0 Å². The average molecular weight is 393 g/mol. The van der Waals surface area contributed by atoms with Crippen LogP contribution in [0.2, 0.25) is 0 Å². The van der Waals surface area contributed by atoms with Crippen molar-refractivity contribution < 1.29 is 20.1 Å². The monoisotopic (exact) mass is 393 g/mol. The number of ether oxygens (including phenoxy) is 1. The molecule has 3 N–H and O–H groups in total. The summed E-state index contributed by atoms with van der Waals surface area (Å²) in [7, 11) is 0. The van der Waals surface area contributed by atoms with E-state index < -0.39 is 30.6 Å². The number of rotatable bonds is 4. The zero-order valence-corrected chi connectivity index (χ0v) is 16.1. The van der Waals surface area contributed by atoms with Gasteiger partial charge < -0.3 is 24.6 Å². The summed E-state index contributed by atoms with van der Waals surface area (Å²) in [5, 5.41) is 32.9. The molecule has 2 aliphatic rings. The van der Waals surface area contributed by atoms with E-state index in [1.807, 2.05) is 31.2 Å². The average Bonchev–Trinajstić information content (AvgIpc) is 3.23. The van der Waals surface area contributed by atoms with Gasteiger partial charge in [-0.3, -0.25) is 0 Å². The summed E-state index contributed by atoms with van der Waals surface area (Å²) in [6.07, 6.45) is -0.0752. The SMILES string of the molecule is C=C(C)c1ncnc2c1ccn2[C@@H]1O[C@H](C(O)c2ccc3c(c2)CC3)[C@@H](O)[C@H]1O. The molecule has 150 valence electrons. The van der Waals surface area contributed by atoms with Crippen molar-refractivity contribution in [2.75, 3.05) is 0 Å². The van der Waals surface area contributed by atoms with Gasteiger partial charge in [-0.25, -0.2) is 9.97 Å². The van der Waals surface area contributed by atoms with E-state index >= 15 is 0 Å². The Hall–Kier alpha value is -2.58. The van der Waals surface area contributed by atoms with Gasteiger partial charge in [0.1, 0.15) is 36.4 Å². The summed E-state index contributed by atoms with van der Waals surface area (Å²) in [5.41, 5.74) is 5.29. The van der Waals surface area contributed by atoms with Crippen LogP contribution in [0.5, 0.6) is 0 Å². The first kappa shape index (κ1) is 18.4. The molecular weight excluding hydrogens is 370 g/mol. The van der Waals surface area contributed by atoms with Crippen molar-refractivity contribution in [1.29, 1.82) is 0 Å². The summed E-state index contributed by atoms with van der Waals surface area (Å²) in [5.74, 6) is 0. The number of hydrogen-bond donors (Lipinski definition) is 3. The van der Waals surface area contributed by atoms with Crippen LogP contribution in [0, 0.1) is 0 Å². The lowest BCUT2D eigenvalue weighted by Crippen LogP contribution is -2.35. The molecule has 3 aromatic rings. The number of aliphatic hydroxyl groups is 3. The van der Waals surface area contributed by atoms with Crippen LogP contribution in [0.3, 0.4) is 0 Å². The second-order valence-electron chi connectivity index (χ2n) is 7.91. The third-order valence-corrected chi connectivity index (χ3v) is 6.01. The van der Waals surface area contributed by atoms with E-state index in [0.29, 0.717) is 11.2 Å². The minimum Gasteiger partial charge on any atom is -0.387 e. The van der Waals surface area contributed by atoms with Crippen molar-refractivity contribution >= 4 is 16.6 Å². The summed E-state index contributed by atoms with van der Waals surface area (Å²) in [6.45, 7) is 5.81. The van der Waals surface area contributed by atoms with Gasteiger partial charge in [-0.15, -0.1) is 0 Å². The Kier molecular flexibility index (Phi) is 4.29. The Morgan fingerprint density at radius 3 is 2.66 bits per heavy atom. The van der Waals surface area contributed by atoms with Crippen molar-refractivity contribution in [3.05, 3.63) is 65.8 Å². The van der Waals surface area contributed by atoms with Gasteiger partial charge in [0.05, 0.1) is 5.69 Å². The molecule has 7 heteroatoms. The Bertz CT molecular complexity index is 1110. The molecule has 7 nitrogen and oxygen atoms in total. The van der Waals surface area contributed by atoms with Crippen LogP contribution in [0.25, 0.3) is 16.6 Å². The minimum atomic E-state index is -1.24. The van der Waals surface area contributed by atoms with E-state index in [0.717, 1.165) is 29.5 Å². The third-order valence-electron chi connectivity index (χ3n) is 6.01. The number of allylic oxidation sites excluding steroid dienone is 1. The van der Waals surface area contributed by atoms with Gasteiger partial charge in [-0.05, 0) is 48.1 Å². The fourth-order valence-electron chi connectivity index (χ4n) is 4.28. The van der Waals surface area contributed by atoms with Gasteiger partial charge in [0, 0.05) is 11.6 Å². The van der Waals surface area contributed by atoms with Crippen molar-refractivity contribution in [3.63, 3.8) is 0 Å².